The molecule has 2 aromatic carbocycles. The highest BCUT2D eigenvalue weighted by Gasteiger charge is 2.13. The minimum Gasteiger partial charge on any atom is -0.484 e. The second-order valence-electron chi connectivity index (χ2n) is 6.51. The maximum Gasteiger partial charge on any atom is 0.335 e. The van der Waals surface area contributed by atoms with Crippen LogP contribution in [0.2, 0.25) is 5.15 Å². The first kappa shape index (κ1) is 22.3. The Morgan fingerprint density at radius 1 is 1.26 bits per heavy atom. The SMILES string of the molecule is Cc1ccc(OCC(=O)NN=Cc2sc(=O)n(Cc3cccc(C(=O)O)c3)c2Cl)cc1. The van der Waals surface area contributed by atoms with Gasteiger partial charge in [-0.25, -0.2) is 10.2 Å². The number of ether oxygens (including phenoxy) is 1. The van der Waals surface area contributed by atoms with E-state index in [1.54, 1.807) is 24.3 Å². The number of amides is 1. The van der Waals surface area contributed by atoms with E-state index in [1.807, 2.05) is 19.1 Å². The summed E-state index contributed by atoms with van der Waals surface area (Å²) >= 11 is 7.14. The molecule has 0 saturated heterocycles. The van der Waals surface area contributed by atoms with Gasteiger partial charge in [0.15, 0.2) is 6.61 Å². The number of hydrazone groups is 1. The molecule has 3 aromatic rings. The lowest BCUT2D eigenvalue weighted by molar-refractivity contribution is -0.123. The lowest BCUT2D eigenvalue weighted by Gasteiger charge is -2.05. The molecule has 0 spiro atoms. The Hall–Kier alpha value is -3.43. The Morgan fingerprint density at radius 2 is 2.00 bits per heavy atom. The molecule has 160 valence electrons. The number of benzene rings is 2. The summed E-state index contributed by atoms with van der Waals surface area (Å²) in [7, 11) is 0. The van der Waals surface area contributed by atoms with Crippen molar-refractivity contribution in [1.82, 2.24) is 9.99 Å². The van der Waals surface area contributed by atoms with E-state index in [-0.39, 0.29) is 28.7 Å². The highest BCUT2D eigenvalue weighted by Crippen LogP contribution is 2.18. The first-order chi connectivity index (χ1) is 14.8. The van der Waals surface area contributed by atoms with E-state index >= 15 is 0 Å². The van der Waals surface area contributed by atoms with Crippen LogP contribution in [0.4, 0.5) is 0 Å². The van der Waals surface area contributed by atoms with Crippen LogP contribution in [0.25, 0.3) is 0 Å². The summed E-state index contributed by atoms with van der Waals surface area (Å²) in [6.07, 6.45) is 1.28. The molecule has 0 unspecified atom stereocenters. The fraction of sp³-hybridized carbons (Fsp3) is 0.143. The van der Waals surface area contributed by atoms with E-state index in [0.717, 1.165) is 16.9 Å². The largest absolute Gasteiger partial charge is 0.484 e. The number of aromatic carboxylic acids is 1. The maximum atomic E-state index is 12.3. The van der Waals surface area contributed by atoms with Gasteiger partial charge < -0.3 is 9.84 Å². The van der Waals surface area contributed by atoms with Crippen LogP contribution < -0.4 is 15.0 Å². The highest BCUT2D eigenvalue weighted by molar-refractivity contribution is 7.11. The minimum absolute atomic E-state index is 0.111. The van der Waals surface area contributed by atoms with Crippen LogP contribution in [0.15, 0.2) is 58.4 Å². The molecule has 0 aliphatic rings. The number of halogens is 1. The predicted molar refractivity (Wildman–Crippen MR) is 119 cm³/mol. The normalized spacial score (nSPS) is 10.9. The van der Waals surface area contributed by atoms with Crippen molar-refractivity contribution >= 4 is 41.0 Å². The summed E-state index contributed by atoms with van der Waals surface area (Å²) in [5.41, 5.74) is 4.13. The quantitative estimate of drug-likeness (QED) is 0.397. The second-order valence-corrected chi connectivity index (χ2v) is 7.86. The molecule has 0 aliphatic carbocycles. The summed E-state index contributed by atoms with van der Waals surface area (Å²) < 4.78 is 6.66. The third-order valence-corrected chi connectivity index (χ3v) is 5.57. The monoisotopic (exact) mass is 459 g/mol. The van der Waals surface area contributed by atoms with Crippen LogP contribution in [0.3, 0.4) is 0 Å². The Labute approximate surface area is 186 Å². The number of aryl methyl sites for hydroxylation is 1. The first-order valence-corrected chi connectivity index (χ1v) is 10.3. The lowest BCUT2D eigenvalue weighted by atomic mass is 10.1. The van der Waals surface area contributed by atoms with Crippen LogP contribution in [0, 0.1) is 6.92 Å². The number of carbonyl (C=O) groups excluding carboxylic acids is 1. The van der Waals surface area contributed by atoms with Gasteiger partial charge in [-0.05, 0) is 36.8 Å². The van der Waals surface area contributed by atoms with E-state index in [1.165, 1.54) is 22.9 Å². The van der Waals surface area contributed by atoms with Gasteiger partial charge in [-0.1, -0.05) is 52.8 Å². The molecule has 0 aliphatic heterocycles. The third kappa shape index (κ3) is 6.03. The summed E-state index contributed by atoms with van der Waals surface area (Å²) in [6.45, 7) is 1.84. The number of carboxylic acids is 1. The second kappa shape index (κ2) is 10.1. The predicted octanol–water partition coefficient (Wildman–Crippen LogP) is 3.15. The van der Waals surface area contributed by atoms with E-state index in [9.17, 15) is 14.4 Å². The Balaban J connectivity index is 1.61. The molecule has 1 aromatic heterocycles. The molecule has 0 atom stereocenters. The Bertz CT molecular complexity index is 1180. The molecule has 0 radical (unpaired) electrons. The van der Waals surface area contributed by atoms with Crippen molar-refractivity contribution in [2.24, 2.45) is 5.10 Å². The van der Waals surface area contributed by atoms with E-state index in [0.29, 0.717) is 16.2 Å². The van der Waals surface area contributed by atoms with Gasteiger partial charge in [0.25, 0.3) is 5.91 Å². The fourth-order valence-corrected chi connectivity index (χ4v) is 3.69. The van der Waals surface area contributed by atoms with Crippen molar-refractivity contribution in [3.8, 4) is 5.75 Å². The van der Waals surface area contributed by atoms with Crippen molar-refractivity contribution in [1.29, 1.82) is 0 Å². The molecule has 0 saturated carbocycles. The third-order valence-electron chi connectivity index (χ3n) is 4.13. The minimum atomic E-state index is -1.06. The molecule has 31 heavy (non-hydrogen) atoms. The number of thiazole rings is 1. The molecule has 1 heterocycles. The zero-order chi connectivity index (χ0) is 22.4. The van der Waals surface area contributed by atoms with Crippen molar-refractivity contribution in [3.05, 3.63) is 84.9 Å². The van der Waals surface area contributed by atoms with Crippen molar-refractivity contribution in [3.63, 3.8) is 0 Å². The van der Waals surface area contributed by atoms with Crippen molar-refractivity contribution in [2.75, 3.05) is 6.61 Å². The molecule has 1 amide bonds. The van der Waals surface area contributed by atoms with Gasteiger partial charge in [-0.15, -0.1) is 0 Å². The van der Waals surface area contributed by atoms with Gasteiger partial charge in [-0.3, -0.25) is 14.2 Å². The summed E-state index contributed by atoms with van der Waals surface area (Å²) in [5.74, 6) is -0.958. The lowest BCUT2D eigenvalue weighted by Crippen LogP contribution is -2.24. The van der Waals surface area contributed by atoms with Crippen molar-refractivity contribution in [2.45, 2.75) is 13.5 Å². The molecule has 2 N–H and O–H groups in total. The summed E-state index contributed by atoms with van der Waals surface area (Å²) in [6, 6.07) is 13.5. The van der Waals surface area contributed by atoms with E-state index in [2.05, 4.69) is 10.5 Å². The smallest absolute Gasteiger partial charge is 0.335 e. The summed E-state index contributed by atoms with van der Waals surface area (Å²) in [4.78, 5) is 35.3. The Morgan fingerprint density at radius 3 is 2.71 bits per heavy atom. The molecule has 3 rings (SSSR count). The summed E-state index contributed by atoms with van der Waals surface area (Å²) in [5, 5.41) is 13.1. The average molecular weight is 460 g/mol. The van der Waals surface area contributed by atoms with Crippen LogP contribution in [-0.2, 0) is 11.3 Å². The Kier molecular flexibility index (Phi) is 7.22. The van der Waals surface area contributed by atoms with Gasteiger partial charge in [-0.2, -0.15) is 5.10 Å². The maximum absolute atomic E-state index is 12.3. The number of hydrogen-bond donors (Lipinski definition) is 2. The number of nitrogens with one attached hydrogen (secondary N) is 1. The van der Waals surface area contributed by atoms with Gasteiger partial charge >= 0.3 is 10.8 Å². The number of carboxylic acid groups (broad SMARTS) is 1. The fourth-order valence-electron chi connectivity index (χ4n) is 2.58. The topological polar surface area (TPSA) is 110 Å². The van der Waals surface area contributed by atoms with Crippen LogP contribution in [-0.4, -0.2) is 34.4 Å². The van der Waals surface area contributed by atoms with Crippen LogP contribution in [0.5, 0.6) is 5.75 Å². The zero-order valence-electron chi connectivity index (χ0n) is 16.4. The average Bonchev–Trinajstić information content (AvgIpc) is 3.01. The molecule has 0 fully saturated rings. The number of nitrogens with zero attached hydrogens (tertiary/aromatic N) is 2. The molecular formula is C21H18ClN3O5S. The molecule has 8 nitrogen and oxygen atoms in total. The zero-order valence-corrected chi connectivity index (χ0v) is 17.9. The van der Waals surface area contributed by atoms with Gasteiger partial charge in [0, 0.05) is 0 Å². The first-order valence-electron chi connectivity index (χ1n) is 9.06. The highest BCUT2D eigenvalue weighted by atomic mass is 35.5. The van der Waals surface area contributed by atoms with Gasteiger partial charge in [0.05, 0.1) is 23.2 Å². The number of carbonyl (C=O) groups is 2. The number of rotatable bonds is 8. The van der Waals surface area contributed by atoms with Gasteiger partial charge in [0.2, 0.25) is 0 Å². The van der Waals surface area contributed by atoms with Crippen LogP contribution >= 0.6 is 22.9 Å². The van der Waals surface area contributed by atoms with Gasteiger partial charge in [0.1, 0.15) is 10.9 Å². The standard InChI is InChI=1S/C21H18ClN3O5S/c1-13-5-7-16(8-6-13)30-12-18(26)24-23-10-17-19(22)25(21(29)31-17)11-14-3-2-4-15(9-14)20(27)28/h2-10H,11-12H2,1H3,(H,24,26)(H,27,28). The molecule has 0 bridgehead atoms. The van der Waals surface area contributed by atoms with Crippen molar-refractivity contribution < 1.29 is 19.4 Å². The molecule has 10 heteroatoms. The number of aromatic nitrogens is 1. The van der Waals surface area contributed by atoms with E-state index in [4.69, 9.17) is 21.4 Å². The van der Waals surface area contributed by atoms with Crippen LogP contribution in [0.1, 0.15) is 26.4 Å². The number of hydrogen-bond acceptors (Lipinski definition) is 6. The van der Waals surface area contributed by atoms with E-state index < -0.39 is 11.9 Å². The molecular weight excluding hydrogens is 442 g/mol.